The first-order chi connectivity index (χ1) is 7.45. The van der Waals surface area contributed by atoms with Gasteiger partial charge in [-0.2, -0.15) is 0 Å². The van der Waals surface area contributed by atoms with Crippen molar-refractivity contribution in [2.24, 2.45) is 5.41 Å². The van der Waals surface area contributed by atoms with Crippen LogP contribution in [0.15, 0.2) is 0 Å². The number of hydrogen-bond acceptors (Lipinski definition) is 3. The molecule has 0 amide bonds. The zero-order valence-electron chi connectivity index (χ0n) is 11.5. The molecule has 1 N–H and O–H groups in total. The van der Waals surface area contributed by atoms with Crippen molar-refractivity contribution in [3.8, 4) is 0 Å². The number of nitrogens with zero attached hydrogens (tertiary/aromatic N) is 1. The Bertz CT molecular complexity index is 201. The Kier molecular flexibility index (Phi) is 5.22. The lowest BCUT2D eigenvalue weighted by atomic mass is 9.86. The van der Waals surface area contributed by atoms with Crippen molar-refractivity contribution in [1.82, 2.24) is 10.2 Å². The van der Waals surface area contributed by atoms with E-state index in [9.17, 15) is 0 Å². The third kappa shape index (κ3) is 4.04. The van der Waals surface area contributed by atoms with E-state index in [2.05, 4.69) is 44.8 Å². The van der Waals surface area contributed by atoms with E-state index in [0.29, 0.717) is 17.5 Å². The first-order valence-corrected chi connectivity index (χ1v) is 6.50. The largest absolute Gasteiger partial charge is 0.379 e. The van der Waals surface area contributed by atoms with Gasteiger partial charge in [-0.15, -0.1) is 0 Å². The fraction of sp³-hybridized carbons (Fsp3) is 1.00. The molecule has 96 valence electrons. The second-order valence-corrected chi connectivity index (χ2v) is 5.90. The van der Waals surface area contributed by atoms with Crippen LogP contribution in [-0.4, -0.2) is 49.8 Å². The van der Waals surface area contributed by atoms with Crippen molar-refractivity contribution in [2.45, 2.75) is 46.7 Å². The van der Waals surface area contributed by atoms with Gasteiger partial charge in [0.1, 0.15) is 0 Å². The van der Waals surface area contributed by atoms with Crippen LogP contribution < -0.4 is 5.32 Å². The van der Waals surface area contributed by atoms with Crippen LogP contribution in [0.5, 0.6) is 0 Å². The highest BCUT2D eigenvalue weighted by molar-refractivity contribution is 4.85. The number of nitrogens with one attached hydrogen (secondary N) is 1. The first kappa shape index (κ1) is 13.9. The van der Waals surface area contributed by atoms with Gasteiger partial charge in [0.25, 0.3) is 0 Å². The molecule has 2 unspecified atom stereocenters. The van der Waals surface area contributed by atoms with E-state index in [1.807, 2.05) is 0 Å². The van der Waals surface area contributed by atoms with Crippen molar-refractivity contribution in [3.63, 3.8) is 0 Å². The van der Waals surface area contributed by atoms with Crippen molar-refractivity contribution < 1.29 is 4.74 Å². The van der Waals surface area contributed by atoms with Gasteiger partial charge in [0.15, 0.2) is 0 Å². The van der Waals surface area contributed by atoms with Gasteiger partial charge in [0, 0.05) is 25.2 Å². The fourth-order valence-electron chi connectivity index (χ4n) is 2.16. The van der Waals surface area contributed by atoms with Gasteiger partial charge >= 0.3 is 0 Å². The molecule has 0 bridgehead atoms. The van der Waals surface area contributed by atoms with Crippen molar-refractivity contribution >= 4 is 0 Å². The van der Waals surface area contributed by atoms with Crippen molar-refractivity contribution in [2.75, 3.05) is 32.8 Å². The highest BCUT2D eigenvalue weighted by Crippen LogP contribution is 2.21. The van der Waals surface area contributed by atoms with Crippen molar-refractivity contribution in [3.05, 3.63) is 0 Å². The molecule has 1 saturated heterocycles. The number of hydrogen-bond donors (Lipinski definition) is 1. The average molecular weight is 228 g/mol. The topological polar surface area (TPSA) is 24.5 Å². The third-order valence-corrected chi connectivity index (χ3v) is 3.42. The van der Waals surface area contributed by atoms with Crippen molar-refractivity contribution in [1.29, 1.82) is 0 Å². The highest BCUT2D eigenvalue weighted by Gasteiger charge is 2.28. The SMILES string of the molecule is CCNC(CN1CCOCC1C)C(C)(C)C. The van der Waals surface area contributed by atoms with Gasteiger partial charge in [-0.3, -0.25) is 4.90 Å². The Labute approximate surface area is 101 Å². The molecular weight excluding hydrogens is 200 g/mol. The monoisotopic (exact) mass is 228 g/mol. The zero-order chi connectivity index (χ0) is 12.2. The fourth-order valence-corrected chi connectivity index (χ4v) is 2.16. The molecule has 1 rings (SSSR count). The lowest BCUT2D eigenvalue weighted by Gasteiger charge is -2.40. The number of rotatable bonds is 4. The molecule has 0 aromatic carbocycles. The summed E-state index contributed by atoms with van der Waals surface area (Å²) in [6.07, 6.45) is 0. The maximum atomic E-state index is 5.48. The zero-order valence-corrected chi connectivity index (χ0v) is 11.5. The van der Waals surface area contributed by atoms with Crippen LogP contribution in [0.1, 0.15) is 34.6 Å². The molecule has 3 nitrogen and oxygen atoms in total. The van der Waals surface area contributed by atoms with Crippen LogP contribution in [0.4, 0.5) is 0 Å². The predicted octanol–water partition coefficient (Wildman–Crippen LogP) is 1.73. The lowest BCUT2D eigenvalue weighted by Crippen LogP contribution is -2.53. The molecule has 1 aliphatic heterocycles. The van der Waals surface area contributed by atoms with Crippen LogP contribution in [-0.2, 0) is 4.74 Å². The number of ether oxygens (including phenoxy) is 1. The molecule has 0 saturated carbocycles. The van der Waals surface area contributed by atoms with Gasteiger partial charge in [-0.05, 0) is 18.9 Å². The molecule has 0 radical (unpaired) electrons. The summed E-state index contributed by atoms with van der Waals surface area (Å²) in [6, 6.07) is 1.11. The minimum atomic E-state index is 0.314. The van der Waals surface area contributed by atoms with E-state index in [0.717, 1.165) is 32.8 Å². The average Bonchev–Trinajstić information content (AvgIpc) is 2.19. The Hall–Kier alpha value is -0.120. The summed E-state index contributed by atoms with van der Waals surface area (Å²) in [5.41, 5.74) is 0.314. The Balaban J connectivity index is 2.53. The summed E-state index contributed by atoms with van der Waals surface area (Å²) in [6.45, 7) is 16.4. The number of morpholine rings is 1. The van der Waals surface area contributed by atoms with Crippen LogP contribution in [0.3, 0.4) is 0 Å². The predicted molar refractivity (Wildman–Crippen MR) is 68.8 cm³/mol. The molecule has 1 heterocycles. The third-order valence-electron chi connectivity index (χ3n) is 3.42. The van der Waals surface area contributed by atoms with Crippen LogP contribution >= 0.6 is 0 Å². The molecule has 0 aromatic rings. The van der Waals surface area contributed by atoms with E-state index < -0.39 is 0 Å². The summed E-state index contributed by atoms with van der Waals surface area (Å²) >= 11 is 0. The van der Waals surface area contributed by atoms with Gasteiger partial charge in [-0.25, -0.2) is 0 Å². The van der Waals surface area contributed by atoms with Crippen LogP contribution in [0.25, 0.3) is 0 Å². The smallest absolute Gasteiger partial charge is 0.0619 e. The van der Waals surface area contributed by atoms with Gasteiger partial charge in [0.2, 0.25) is 0 Å². The Morgan fingerprint density at radius 2 is 2.12 bits per heavy atom. The Morgan fingerprint density at radius 1 is 1.44 bits per heavy atom. The molecule has 0 aliphatic carbocycles. The van der Waals surface area contributed by atoms with E-state index in [4.69, 9.17) is 4.74 Å². The van der Waals surface area contributed by atoms with E-state index in [1.54, 1.807) is 0 Å². The summed E-state index contributed by atoms with van der Waals surface area (Å²) in [5, 5.41) is 3.61. The molecule has 3 heteroatoms. The molecule has 0 aromatic heterocycles. The minimum absolute atomic E-state index is 0.314. The molecule has 0 spiro atoms. The molecular formula is C13H28N2O. The van der Waals surface area contributed by atoms with Crippen LogP contribution in [0, 0.1) is 5.41 Å². The molecule has 1 aliphatic rings. The summed E-state index contributed by atoms with van der Waals surface area (Å²) < 4.78 is 5.48. The van der Waals surface area contributed by atoms with E-state index >= 15 is 0 Å². The molecule has 2 atom stereocenters. The van der Waals surface area contributed by atoms with E-state index in [-0.39, 0.29) is 0 Å². The lowest BCUT2D eigenvalue weighted by molar-refractivity contribution is -0.0104. The maximum Gasteiger partial charge on any atom is 0.0619 e. The second kappa shape index (κ2) is 5.99. The first-order valence-electron chi connectivity index (χ1n) is 6.50. The molecule has 16 heavy (non-hydrogen) atoms. The standard InChI is InChI=1S/C13H28N2O/c1-6-14-12(13(3,4)5)9-15-7-8-16-10-11(15)2/h11-12,14H,6-10H2,1-5H3. The quantitative estimate of drug-likeness (QED) is 0.793. The van der Waals surface area contributed by atoms with Gasteiger partial charge in [-0.1, -0.05) is 27.7 Å². The normalized spacial score (nSPS) is 25.7. The molecule has 1 fully saturated rings. The maximum absolute atomic E-state index is 5.48. The minimum Gasteiger partial charge on any atom is -0.379 e. The van der Waals surface area contributed by atoms with Gasteiger partial charge in [0.05, 0.1) is 13.2 Å². The summed E-state index contributed by atoms with van der Waals surface area (Å²) in [7, 11) is 0. The highest BCUT2D eigenvalue weighted by atomic mass is 16.5. The Morgan fingerprint density at radius 3 is 2.62 bits per heavy atom. The van der Waals surface area contributed by atoms with Crippen LogP contribution in [0.2, 0.25) is 0 Å². The van der Waals surface area contributed by atoms with E-state index in [1.165, 1.54) is 0 Å². The second-order valence-electron chi connectivity index (χ2n) is 5.90. The number of likely N-dealkylation sites (N-methyl/N-ethyl adjacent to an activating group) is 1. The summed E-state index contributed by atoms with van der Waals surface area (Å²) in [4.78, 5) is 2.54. The van der Waals surface area contributed by atoms with Gasteiger partial charge < -0.3 is 10.1 Å². The summed E-state index contributed by atoms with van der Waals surface area (Å²) in [5.74, 6) is 0.